The SMILES string of the molecule is CCc1c(C(=O)O)nnn1-c1ccc(F)cc1. The van der Waals surface area contributed by atoms with E-state index in [2.05, 4.69) is 10.3 Å². The van der Waals surface area contributed by atoms with E-state index in [1.807, 2.05) is 6.92 Å². The summed E-state index contributed by atoms with van der Waals surface area (Å²) >= 11 is 0. The van der Waals surface area contributed by atoms with Crippen LogP contribution in [0.1, 0.15) is 23.1 Å². The van der Waals surface area contributed by atoms with Crippen molar-refractivity contribution in [1.82, 2.24) is 15.0 Å². The first-order valence-electron chi connectivity index (χ1n) is 5.07. The largest absolute Gasteiger partial charge is 0.476 e. The van der Waals surface area contributed by atoms with Crippen molar-refractivity contribution in [3.8, 4) is 5.69 Å². The molecule has 6 heteroatoms. The molecule has 88 valence electrons. The van der Waals surface area contributed by atoms with Gasteiger partial charge in [0.1, 0.15) is 5.82 Å². The molecular weight excluding hydrogens is 225 g/mol. The number of benzene rings is 1. The van der Waals surface area contributed by atoms with Crippen molar-refractivity contribution < 1.29 is 14.3 Å². The average Bonchev–Trinajstić information content (AvgIpc) is 2.73. The van der Waals surface area contributed by atoms with Gasteiger partial charge in [0, 0.05) is 0 Å². The molecular formula is C11H10FN3O2. The molecule has 0 saturated carbocycles. The minimum Gasteiger partial charge on any atom is -0.476 e. The first-order valence-corrected chi connectivity index (χ1v) is 5.07. The Morgan fingerprint density at radius 1 is 1.41 bits per heavy atom. The highest BCUT2D eigenvalue weighted by molar-refractivity contribution is 5.86. The molecule has 0 radical (unpaired) electrons. The molecule has 0 unspecified atom stereocenters. The molecule has 0 aliphatic heterocycles. The summed E-state index contributed by atoms with van der Waals surface area (Å²) in [6.45, 7) is 1.81. The standard InChI is InChI=1S/C11H10FN3O2/c1-2-9-10(11(16)17)13-14-15(9)8-5-3-7(12)4-6-8/h3-6H,2H2,1H3,(H,16,17). The summed E-state index contributed by atoms with van der Waals surface area (Å²) < 4.78 is 14.2. The van der Waals surface area contributed by atoms with Crippen LogP contribution in [0.2, 0.25) is 0 Å². The number of rotatable bonds is 3. The van der Waals surface area contributed by atoms with Crippen LogP contribution in [0.3, 0.4) is 0 Å². The van der Waals surface area contributed by atoms with Crippen molar-refractivity contribution >= 4 is 5.97 Å². The Kier molecular flexibility index (Phi) is 2.86. The number of aromatic carboxylic acids is 1. The molecule has 1 heterocycles. The van der Waals surface area contributed by atoms with Gasteiger partial charge in [-0.15, -0.1) is 5.10 Å². The third-order valence-corrected chi connectivity index (χ3v) is 2.37. The lowest BCUT2D eigenvalue weighted by atomic mass is 10.2. The van der Waals surface area contributed by atoms with E-state index in [0.29, 0.717) is 17.8 Å². The Balaban J connectivity index is 2.52. The number of hydrogen-bond acceptors (Lipinski definition) is 3. The number of carbonyl (C=O) groups is 1. The Bertz CT molecular complexity index is 548. The summed E-state index contributed by atoms with van der Waals surface area (Å²) in [5.74, 6) is -1.47. The first kappa shape index (κ1) is 11.3. The summed E-state index contributed by atoms with van der Waals surface area (Å²) in [7, 11) is 0. The van der Waals surface area contributed by atoms with E-state index < -0.39 is 5.97 Å². The van der Waals surface area contributed by atoms with E-state index >= 15 is 0 Å². The van der Waals surface area contributed by atoms with Crippen molar-refractivity contribution in [1.29, 1.82) is 0 Å². The predicted octanol–water partition coefficient (Wildman–Crippen LogP) is 1.67. The van der Waals surface area contributed by atoms with Gasteiger partial charge in [0.25, 0.3) is 0 Å². The Labute approximate surface area is 96.5 Å². The van der Waals surface area contributed by atoms with Gasteiger partial charge in [-0.3, -0.25) is 0 Å². The quantitative estimate of drug-likeness (QED) is 0.878. The fraction of sp³-hybridized carbons (Fsp3) is 0.182. The van der Waals surface area contributed by atoms with E-state index in [9.17, 15) is 9.18 Å². The number of aromatic nitrogens is 3. The molecule has 17 heavy (non-hydrogen) atoms. The summed E-state index contributed by atoms with van der Waals surface area (Å²) in [6, 6.07) is 5.62. The van der Waals surface area contributed by atoms with Crippen LogP contribution in [-0.2, 0) is 6.42 Å². The van der Waals surface area contributed by atoms with Crippen LogP contribution in [0.25, 0.3) is 5.69 Å². The summed E-state index contributed by atoms with van der Waals surface area (Å²) in [4.78, 5) is 10.9. The smallest absolute Gasteiger partial charge is 0.358 e. The van der Waals surface area contributed by atoms with Crippen LogP contribution < -0.4 is 0 Å². The first-order chi connectivity index (χ1) is 8.13. The van der Waals surface area contributed by atoms with Gasteiger partial charge in [-0.2, -0.15) is 0 Å². The number of hydrogen-bond donors (Lipinski definition) is 1. The predicted molar refractivity (Wildman–Crippen MR) is 57.7 cm³/mol. The van der Waals surface area contributed by atoms with Crippen molar-refractivity contribution in [2.75, 3.05) is 0 Å². The molecule has 0 fully saturated rings. The van der Waals surface area contributed by atoms with E-state index in [-0.39, 0.29) is 11.5 Å². The van der Waals surface area contributed by atoms with Crippen LogP contribution in [0.5, 0.6) is 0 Å². The number of nitrogens with zero attached hydrogens (tertiary/aromatic N) is 3. The second-order valence-corrected chi connectivity index (χ2v) is 3.43. The molecule has 2 rings (SSSR count). The van der Waals surface area contributed by atoms with Gasteiger partial charge in [-0.05, 0) is 30.7 Å². The lowest BCUT2D eigenvalue weighted by Crippen LogP contribution is -2.05. The molecule has 0 bridgehead atoms. The Morgan fingerprint density at radius 2 is 2.06 bits per heavy atom. The topological polar surface area (TPSA) is 68.0 Å². The van der Waals surface area contributed by atoms with E-state index in [4.69, 9.17) is 5.11 Å². The highest BCUT2D eigenvalue weighted by Crippen LogP contribution is 2.14. The molecule has 0 spiro atoms. The highest BCUT2D eigenvalue weighted by Gasteiger charge is 2.18. The molecule has 0 aliphatic carbocycles. The summed E-state index contributed by atoms with van der Waals surface area (Å²) in [5, 5.41) is 16.3. The second kappa shape index (κ2) is 4.32. The summed E-state index contributed by atoms with van der Waals surface area (Å²) in [5.41, 5.74) is 1.00. The number of halogens is 1. The van der Waals surface area contributed by atoms with Crippen LogP contribution in [0, 0.1) is 5.82 Å². The van der Waals surface area contributed by atoms with Crippen LogP contribution >= 0.6 is 0 Å². The molecule has 2 aromatic rings. The van der Waals surface area contributed by atoms with Gasteiger partial charge in [0.15, 0.2) is 5.69 Å². The average molecular weight is 235 g/mol. The zero-order valence-electron chi connectivity index (χ0n) is 9.09. The van der Waals surface area contributed by atoms with E-state index in [0.717, 1.165) is 0 Å². The molecule has 5 nitrogen and oxygen atoms in total. The third-order valence-electron chi connectivity index (χ3n) is 2.37. The van der Waals surface area contributed by atoms with Crippen molar-refractivity contribution in [2.24, 2.45) is 0 Å². The highest BCUT2D eigenvalue weighted by atomic mass is 19.1. The van der Waals surface area contributed by atoms with Gasteiger partial charge in [0.05, 0.1) is 11.4 Å². The fourth-order valence-electron chi connectivity index (χ4n) is 1.57. The maximum absolute atomic E-state index is 12.8. The van der Waals surface area contributed by atoms with E-state index in [1.165, 1.54) is 28.9 Å². The molecule has 1 aromatic carbocycles. The molecule has 0 aliphatic rings. The third kappa shape index (κ3) is 2.01. The maximum Gasteiger partial charge on any atom is 0.358 e. The Hall–Kier alpha value is -2.24. The molecule has 1 N–H and O–H groups in total. The fourth-order valence-corrected chi connectivity index (χ4v) is 1.57. The monoisotopic (exact) mass is 235 g/mol. The minimum absolute atomic E-state index is 0.0724. The van der Waals surface area contributed by atoms with Crippen LogP contribution in [-0.4, -0.2) is 26.1 Å². The van der Waals surface area contributed by atoms with Crippen molar-refractivity contribution in [3.05, 3.63) is 41.5 Å². The van der Waals surface area contributed by atoms with Gasteiger partial charge >= 0.3 is 5.97 Å². The lowest BCUT2D eigenvalue weighted by molar-refractivity contribution is 0.0689. The summed E-state index contributed by atoms with van der Waals surface area (Å²) in [6.07, 6.45) is 0.478. The van der Waals surface area contributed by atoms with Crippen molar-refractivity contribution in [3.63, 3.8) is 0 Å². The zero-order chi connectivity index (χ0) is 12.4. The van der Waals surface area contributed by atoms with E-state index in [1.54, 1.807) is 0 Å². The van der Waals surface area contributed by atoms with Gasteiger partial charge < -0.3 is 5.11 Å². The van der Waals surface area contributed by atoms with Gasteiger partial charge in [-0.25, -0.2) is 13.9 Å². The molecule has 0 saturated heterocycles. The molecule has 0 amide bonds. The minimum atomic E-state index is -1.12. The molecule has 0 atom stereocenters. The van der Waals surface area contributed by atoms with Crippen LogP contribution in [0.4, 0.5) is 4.39 Å². The zero-order valence-corrected chi connectivity index (χ0v) is 9.09. The van der Waals surface area contributed by atoms with Crippen LogP contribution in [0.15, 0.2) is 24.3 Å². The number of carboxylic acid groups (broad SMARTS) is 1. The maximum atomic E-state index is 12.8. The van der Waals surface area contributed by atoms with Crippen molar-refractivity contribution in [2.45, 2.75) is 13.3 Å². The lowest BCUT2D eigenvalue weighted by Gasteiger charge is -2.04. The number of carboxylic acids is 1. The molecule has 1 aromatic heterocycles. The van der Waals surface area contributed by atoms with Gasteiger partial charge in [0.2, 0.25) is 0 Å². The Morgan fingerprint density at radius 3 is 2.59 bits per heavy atom. The van der Waals surface area contributed by atoms with Gasteiger partial charge in [-0.1, -0.05) is 12.1 Å². The second-order valence-electron chi connectivity index (χ2n) is 3.43. The normalized spacial score (nSPS) is 10.5.